The van der Waals surface area contributed by atoms with E-state index < -0.39 is 0 Å². The van der Waals surface area contributed by atoms with Gasteiger partial charge in [-0.3, -0.25) is 4.68 Å². The molecule has 0 amide bonds. The van der Waals surface area contributed by atoms with Crippen molar-refractivity contribution in [3.05, 3.63) is 27.5 Å². The predicted molar refractivity (Wildman–Crippen MR) is 84.2 cm³/mol. The first-order valence-corrected chi connectivity index (χ1v) is 7.98. The first-order chi connectivity index (χ1) is 9.61. The second-order valence-electron chi connectivity index (χ2n) is 4.65. The lowest BCUT2D eigenvalue weighted by atomic mass is 10.2. The molecule has 110 valence electrons. The molecule has 0 fully saturated rings. The van der Waals surface area contributed by atoms with Gasteiger partial charge < -0.3 is 11.1 Å². The van der Waals surface area contributed by atoms with Gasteiger partial charge in [-0.05, 0) is 25.8 Å². The Morgan fingerprint density at radius 3 is 2.95 bits per heavy atom. The maximum Gasteiger partial charge on any atom is 0.180 e. The molecule has 0 spiro atoms. The van der Waals surface area contributed by atoms with Crippen molar-refractivity contribution in [2.75, 3.05) is 12.3 Å². The second kappa shape index (κ2) is 7.06. The fourth-order valence-electron chi connectivity index (χ4n) is 2.10. The monoisotopic (exact) mass is 313 g/mol. The van der Waals surface area contributed by atoms with E-state index >= 15 is 0 Å². The van der Waals surface area contributed by atoms with Gasteiger partial charge in [0, 0.05) is 24.5 Å². The number of halogens is 1. The summed E-state index contributed by atoms with van der Waals surface area (Å²) in [6.07, 6.45) is 2.88. The molecule has 3 N–H and O–H groups in total. The molecule has 0 saturated heterocycles. The normalized spacial score (nSPS) is 11.2. The van der Waals surface area contributed by atoms with Crippen LogP contribution in [0.2, 0.25) is 5.15 Å². The van der Waals surface area contributed by atoms with Crippen molar-refractivity contribution < 1.29 is 0 Å². The van der Waals surface area contributed by atoms with E-state index in [2.05, 4.69) is 22.3 Å². The summed E-state index contributed by atoms with van der Waals surface area (Å²) in [6.45, 7) is 3.77. The summed E-state index contributed by atoms with van der Waals surface area (Å²) in [5, 5.41) is 11.2. The van der Waals surface area contributed by atoms with Crippen LogP contribution in [0.4, 0.5) is 5.13 Å². The Morgan fingerprint density at radius 2 is 2.30 bits per heavy atom. The average molecular weight is 314 g/mol. The minimum Gasteiger partial charge on any atom is -0.375 e. The Kier molecular flexibility index (Phi) is 5.39. The van der Waals surface area contributed by atoms with Crippen molar-refractivity contribution in [3.63, 3.8) is 0 Å². The molecule has 0 atom stereocenters. The van der Waals surface area contributed by atoms with Crippen LogP contribution >= 0.6 is 22.9 Å². The lowest BCUT2D eigenvalue weighted by Gasteiger charge is -2.04. The highest BCUT2D eigenvalue weighted by Gasteiger charge is 2.12. The molecular formula is C13H20ClN5S. The van der Waals surface area contributed by atoms with Gasteiger partial charge in [0.25, 0.3) is 0 Å². The van der Waals surface area contributed by atoms with Crippen LogP contribution in [0.1, 0.15) is 30.3 Å². The molecule has 0 aliphatic carbocycles. The minimum absolute atomic E-state index is 0.641. The smallest absolute Gasteiger partial charge is 0.180 e. The van der Waals surface area contributed by atoms with Crippen LogP contribution in [0, 0.1) is 0 Å². The molecule has 7 heteroatoms. The number of aryl methyl sites for hydroxylation is 3. The zero-order valence-electron chi connectivity index (χ0n) is 11.8. The van der Waals surface area contributed by atoms with Gasteiger partial charge in [0.15, 0.2) is 5.13 Å². The van der Waals surface area contributed by atoms with Crippen LogP contribution in [-0.4, -0.2) is 21.3 Å². The van der Waals surface area contributed by atoms with E-state index in [4.69, 9.17) is 17.3 Å². The van der Waals surface area contributed by atoms with Crippen LogP contribution in [0.15, 0.2) is 5.38 Å². The average Bonchev–Trinajstić information content (AvgIpc) is 2.96. The SMILES string of the molecule is CCc1nn(C)c(Cl)c1CNCCCc1csc(N)n1. The summed E-state index contributed by atoms with van der Waals surface area (Å²) in [6, 6.07) is 0. The van der Waals surface area contributed by atoms with E-state index in [1.165, 1.54) is 11.3 Å². The lowest BCUT2D eigenvalue weighted by molar-refractivity contribution is 0.643. The first kappa shape index (κ1) is 15.3. The van der Waals surface area contributed by atoms with Crippen molar-refractivity contribution in [1.82, 2.24) is 20.1 Å². The molecule has 0 unspecified atom stereocenters. The van der Waals surface area contributed by atoms with E-state index in [-0.39, 0.29) is 0 Å². The Labute approximate surface area is 128 Å². The summed E-state index contributed by atoms with van der Waals surface area (Å²) >= 11 is 7.73. The van der Waals surface area contributed by atoms with E-state index in [0.29, 0.717) is 5.13 Å². The zero-order chi connectivity index (χ0) is 14.5. The van der Waals surface area contributed by atoms with E-state index in [0.717, 1.165) is 54.5 Å². The number of rotatable bonds is 7. The number of nitrogens with zero attached hydrogens (tertiary/aromatic N) is 3. The maximum absolute atomic E-state index is 6.24. The number of nitrogen functional groups attached to an aromatic ring is 1. The predicted octanol–water partition coefficient (Wildman–Crippen LogP) is 2.40. The van der Waals surface area contributed by atoms with Gasteiger partial charge in [-0.2, -0.15) is 5.10 Å². The Morgan fingerprint density at radius 1 is 1.50 bits per heavy atom. The van der Waals surface area contributed by atoms with Crippen molar-refractivity contribution in [2.24, 2.45) is 7.05 Å². The number of anilines is 1. The topological polar surface area (TPSA) is 68.8 Å². The number of nitrogens with one attached hydrogen (secondary N) is 1. The van der Waals surface area contributed by atoms with Gasteiger partial charge in [0.2, 0.25) is 0 Å². The molecule has 0 aliphatic rings. The third-order valence-corrected chi connectivity index (χ3v) is 4.34. The Balaban J connectivity index is 1.76. The van der Waals surface area contributed by atoms with Crippen molar-refractivity contribution in [2.45, 2.75) is 32.7 Å². The summed E-state index contributed by atoms with van der Waals surface area (Å²) in [5.74, 6) is 0. The molecule has 0 aliphatic heterocycles. The highest BCUT2D eigenvalue weighted by Crippen LogP contribution is 2.19. The standard InChI is InChI=1S/C13H20ClN5S/c1-3-11-10(12(14)19(2)18-11)7-16-6-4-5-9-8-20-13(15)17-9/h8,16H,3-7H2,1-2H3,(H2,15,17). The molecular weight excluding hydrogens is 294 g/mol. The summed E-state index contributed by atoms with van der Waals surface area (Å²) in [5.41, 5.74) is 8.85. The van der Waals surface area contributed by atoms with Gasteiger partial charge in [-0.25, -0.2) is 4.98 Å². The van der Waals surface area contributed by atoms with Crippen molar-refractivity contribution in [1.29, 1.82) is 0 Å². The van der Waals surface area contributed by atoms with E-state index in [1.807, 2.05) is 12.4 Å². The highest BCUT2D eigenvalue weighted by atomic mass is 35.5. The van der Waals surface area contributed by atoms with Gasteiger partial charge >= 0.3 is 0 Å². The van der Waals surface area contributed by atoms with Crippen molar-refractivity contribution >= 4 is 28.1 Å². The third kappa shape index (κ3) is 3.71. The van der Waals surface area contributed by atoms with Crippen molar-refractivity contribution in [3.8, 4) is 0 Å². The molecule has 0 bridgehead atoms. The second-order valence-corrected chi connectivity index (χ2v) is 5.90. The molecule has 2 aromatic heterocycles. The quantitative estimate of drug-likeness (QED) is 0.770. The van der Waals surface area contributed by atoms with Crippen LogP contribution in [0.25, 0.3) is 0 Å². The first-order valence-electron chi connectivity index (χ1n) is 6.72. The molecule has 5 nitrogen and oxygen atoms in total. The largest absolute Gasteiger partial charge is 0.375 e. The molecule has 2 heterocycles. The number of hydrogen-bond donors (Lipinski definition) is 2. The zero-order valence-corrected chi connectivity index (χ0v) is 13.4. The fourth-order valence-corrected chi connectivity index (χ4v) is 2.92. The summed E-state index contributed by atoms with van der Waals surface area (Å²) in [4.78, 5) is 4.25. The third-order valence-electron chi connectivity index (χ3n) is 3.14. The van der Waals surface area contributed by atoms with Gasteiger partial charge in [-0.1, -0.05) is 18.5 Å². The van der Waals surface area contributed by atoms with E-state index in [1.54, 1.807) is 4.68 Å². The summed E-state index contributed by atoms with van der Waals surface area (Å²) < 4.78 is 1.73. The van der Waals surface area contributed by atoms with Crippen LogP contribution in [0.5, 0.6) is 0 Å². The Hall–Kier alpha value is -1.11. The van der Waals surface area contributed by atoms with Crippen LogP contribution < -0.4 is 11.1 Å². The van der Waals surface area contributed by atoms with Gasteiger partial charge in [-0.15, -0.1) is 11.3 Å². The number of nitrogens with two attached hydrogens (primary N) is 1. The fraction of sp³-hybridized carbons (Fsp3) is 0.538. The van der Waals surface area contributed by atoms with Crippen LogP contribution in [-0.2, 0) is 26.4 Å². The Bertz CT molecular complexity index is 563. The minimum atomic E-state index is 0.641. The lowest BCUT2D eigenvalue weighted by Crippen LogP contribution is -2.16. The molecule has 0 saturated carbocycles. The van der Waals surface area contributed by atoms with Gasteiger partial charge in [0.05, 0.1) is 11.4 Å². The number of hydrogen-bond acceptors (Lipinski definition) is 5. The number of aromatic nitrogens is 3. The van der Waals surface area contributed by atoms with E-state index in [9.17, 15) is 0 Å². The number of thiazole rings is 1. The molecule has 2 rings (SSSR count). The molecule has 2 aromatic rings. The molecule has 0 aromatic carbocycles. The molecule has 20 heavy (non-hydrogen) atoms. The molecule has 0 radical (unpaired) electrons. The van der Waals surface area contributed by atoms with Crippen LogP contribution in [0.3, 0.4) is 0 Å². The summed E-state index contributed by atoms with van der Waals surface area (Å²) in [7, 11) is 1.87. The van der Waals surface area contributed by atoms with Gasteiger partial charge in [0.1, 0.15) is 5.15 Å². The highest BCUT2D eigenvalue weighted by molar-refractivity contribution is 7.13. The maximum atomic E-state index is 6.24.